The molecule has 0 spiro atoms. The van der Waals surface area contributed by atoms with Crippen LogP contribution in [-0.2, 0) is 11.8 Å². The van der Waals surface area contributed by atoms with Crippen LogP contribution in [0.25, 0.3) is 10.9 Å². The maximum absolute atomic E-state index is 13.2. The fourth-order valence-corrected chi connectivity index (χ4v) is 3.31. The molecule has 0 fully saturated rings. The quantitative estimate of drug-likeness (QED) is 0.647. The Morgan fingerprint density at radius 1 is 1.08 bits per heavy atom. The first-order chi connectivity index (χ1) is 11.6. The summed E-state index contributed by atoms with van der Waals surface area (Å²) in [5, 5.41) is 0.717. The summed E-state index contributed by atoms with van der Waals surface area (Å²) in [6.07, 6.45) is 0.0617. The van der Waals surface area contributed by atoms with Crippen molar-refractivity contribution in [1.29, 1.82) is 0 Å². The average molecular weight is 323 g/mol. The van der Waals surface area contributed by atoms with Gasteiger partial charge < -0.3 is 9.30 Å². The molecular weight excluding hydrogens is 309 g/mol. The number of aromatic nitrogens is 1. The van der Waals surface area contributed by atoms with Crippen molar-refractivity contribution in [1.82, 2.24) is 4.57 Å². The summed E-state index contributed by atoms with van der Waals surface area (Å²) in [5.74, 6) is -0.872. The summed E-state index contributed by atoms with van der Waals surface area (Å²) in [4.78, 5) is 25.0. The van der Waals surface area contributed by atoms with Crippen LogP contribution in [0.5, 0.6) is 5.75 Å². The standard InChI is InChI=1S/C19H14FNO3/c1-21-15-5-3-2-4-13(15)18-17(19(21)23)14(10-16(22)24-18)11-6-8-12(20)9-7-11/h2-9,14H,10H2,1H3/t14-/m0/s1. The molecule has 2 aromatic carbocycles. The molecule has 1 aliphatic rings. The number of rotatable bonds is 1. The molecular formula is C19H14FNO3. The second-order valence-electron chi connectivity index (χ2n) is 5.91. The number of esters is 1. The van der Waals surface area contributed by atoms with E-state index in [0.717, 1.165) is 10.9 Å². The maximum atomic E-state index is 13.2. The second kappa shape index (κ2) is 5.30. The Bertz CT molecular complexity index is 1020. The highest BCUT2D eigenvalue weighted by atomic mass is 19.1. The van der Waals surface area contributed by atoms with Crippen molar-refractivity contribution in [3.8, 4) is 5.75 Å². The van der Waals surface area contributed by atoms with E-state index in [4.69, 9.17) is 4.74 Å². The summed E-state index contributed by atoms with van der Waals surface area (Å²) in [5.41, 5.74) is 1.67. The van der Waals surface area contributed by atoms with Crippen LogP contribution < -0.4 is 10.3 Å². The summed E-state index contributed by atoms with van der Waals surface area (Å²) in [6.45, 7) is 0. The molecule has 1 atom stereocenters. The number of fused-ring (bicyclic) bond motifs is 3. The van der Waals surface area contributed by atoms with Crippen LogP contribution in [0, 0.1) is 5.82 Å². The van der Waals surface area contributed by atoms with Gasteiger partial charge >= 0.3 is 5.97 Å². The summed E-state index contributed by atoms with van der Waals surface area (Å²) >= 11 is 0. The summed E-state index contributed by atoms with van der Waals surface area (Å²) in [7, 11) is 1.70. The predicted molar refractivity (Wildman–Crippen MR) is 87.7 cm³/mol. The highest BCUT2D eigenvalue weighted by Gasteiger charge is 2.33. The van der Waals surface area contributed by atoms with Gasteiger partial charge in [-0.25, -0.2) is 4.39 Å². The minimum absolute atomic E-state index is 0.0617. The number of carbonyl (C=O) groups is 1. The number of hydrogen-bond donors (Lipinski definition) is 0. The van der Waals surface area contributed by atoms with Gasteiger partial charge in [0.25, 0.3) is 5.56 Å². The number of benzene rings is 2. The molecule has 0 saturated heterocycles. The zero-order valence-corrected chi connectivity index (χ0v) is 13.0. The number of pyridine rings is 1. The molecule has 3 aromatic rings. The molecule has 0 bridgehead atoms. The zero-order valence-electron chi connectivity index (χ0n) is 13.0. The van der Waals surface area contributed by atoms with Crippen LogP contribution in [0.4, 0.5) is 4.39 Å². The molecule has 0 radical (unpaired) electrons. The summed E-state index contributed by atoms with van der Waals surface area (Å²) in [6, 6.07) is 13.2. The van der Waals surface area contributed by atoms with Gasteiger partial charge in [0, 0.05) is 18.4 Å². The first-order valence-electron chi connectivity index (χ1n) is 7.64. The molecule has 1 aliphatic heterocycles. The van der Waals surface area contributed by atoms with Crippen molar-refractivity contribution in [3.63, 3.8) is 0 Å². The Labute approximate surface area is 137 Å². The predicted octanol–water partition coefficient (Wildman–Crippen LogP) is 3.12. The van der Waals surface area contributed by atoms with Gasteiger partial charge in [0.15, 0.2) is 0 Å². The monoisotopic (exact) mass is 323 g/mol. The van der Waals surface area contributed by atoms with Crippen molar-refractivity contribution < 1.29 is 13.9 Å². The van der Waals surface area contributed by atoms with Crippen molar-refractivity contribution in [2.24, 2.45) is 7.05 Å². The number of para-hydroxylation sites is 1. The van der Waals surface area contributed by atoms with Crippen molar-refractivity contribution in [2.75, 3.05) is 0 Å². The van der Waals surface area contributed by atoms with Gasteiger partial charge in [0.2, 0.25) is 0 Å². The van der Waals surface area contributed by atoms with E-state index in [9.17, 15) is 14.0 Å². The molecule has 0 N–H and O–H groups in total. The van der Waals surface area contributed by atoms with Crippen molar-refractivity contribution in [2.45, 2.75) is 12.3 Å². The number of aryl methyl sites for hydroxylation is 1. The van der Waals surface area contributed by atoms with Gasteiger partial charge in [-0.3, -0.25) is 9.59 Å². The maximum Gasteiger partial charge on any atom is 0.312 e. The van der Waals surface area contributed by atoms with Crippen LogP contribution in [0.15, 0.2) is 53.3 Å². The molecule has 24 heavy (non-hydrogen) atoms. The van der Waals surface area contributed by atoms with Gasteiger partial charge in [0.05, 0.1) is 17.5 Å². The van der Waals surface area contributed by atoms with Gasteiger partial charge in [-0.2, -0.15) is 0 Å². The van der Waals surface area contributed by atoms with E-state index < -0.39 is 11.9 Å². The third kappa shape index (κ3) is 2.12. The fraction of sp³-hybridized carbons (Fsp3) is 0.158. The molecule has 4 rings (SSSR count). The highest BCUT2D eigenvalue weighted by molar-refractivity contribution is 5.91. The van der Waals surface area contributed by atoms with Gasteiger partial charge in [0.1, 0.15) is 11.6 Å². The Morgan fingerprint density at radius 2 is 1.79 bits per heavy atom. The minimum atomic E-state index is -0.440. The van der Waals surface area contributed by atoms with E-state index in [0.29, 0.717) is 16.8 Å². The molecule has 4 nitrogen and oxygen atoms in total. The van der Waals surface area contributed by atoms with E-state index in [-0.39, 0.29) is 17.8 Å². The molecule has 0 aliphatic carbocycles. The van der Waals surface area contributed by atoms with Crippen LogP contribution in [-0.4, -0.2) is 10.5 Å². The topological polar surface area (TPSA) is 48.3 Å². The van der Waals surface area contributed by atoms with Gasteiger partial charge in [-0.1, -0.05) is 24.3 Å². The van der Waals surface area contributed by atoms with Crippen LogP contribution in [0.2, 0.25) is 0 Å². The SMILES string of the molecule is Cn1c(=O)c2c(c3ccccc31)OC(=O)C[C@H]2c1ccc(F)cc1. The van der Waals surface area contributed by atoms with E-state index in [2.05, 4.69) is 0 Å². The average Bonchev–Trinajstić information content (AvgIpc) is 2.59. The zero-order chi connectivity index (χ0) is 16.8. The van der Waals surface area contributed by atoms with Crippen LogP contribution >= 0.6 is 0 Å². The van der Waals surface area contributed by atoms with E-state index in [1.807, 2.05) is 24.3 Å². The first kappa shape index (κ1) is 14.6. The second-order valence-corrected chi connectivity index (χ2v) is 5.91. The lowest BCUT2D eigenvalue weighted by atomic mass is 9.86. The fourth-order valence-electron chi connectivity index (χ4n) is 3.31. The van der Waals surface area contributed by atoms with Crippen molar-refractivity contribution >= 4 is 16.9 Å². The first-order valence-corrected chi connectivity index (χ1v) is 7.64. The molecule has 5 heteroatoms. The summed E-state index contributed by atoms with van der Waals surface area (Å²) < 4.78 is 20.2. The minimum Gasteiger partial charge on any atom is -0.425 e. The number of nitrogens with zero attached hydrogens (tertiary/aromatic N) is 1. The molecule has 2 heterocycles. The Morgan fingerprint density at radius 3 is 2.54 bits per heavy atom. The molecule has 120 valence electrons. The van der Waals surface area contributed by atoms with E-state index in [1.165, 1.54) is 12.1 Å². The molecule has 0 amide bonds. The number of hydrogen-bond acceptors (Lipinski definition) is 3. The van der Waals surface area contributed by atoms with E-state index >= 15 is 0 Å². The van der Waals surface area contributed by atoms with E-state index in [1.54, 1.807) is 23.7 Å². The van der Waals surface area contributed by atoms with Crippen LogP contribution in [0.3, 0.4) is 0 Å². The Balaban J connectivity index is 2.05. The number of halogens is 1. The number of carbonyl (C=O) groups excluding carboxylic acids is 1. The normalized spacial score (nSPS) is 16.8. The largest absolute Gasteiger partial charge is 0.425 e. The van der Waals surface area contributed by atoms with Gasteiger partial charge in [-0.15, -0.1) is 0 Å². The third-order valence-corrected chi connectivity index (χ3v) is 4.50. The van der Waals surface area contributed by atoms with Gasteiger partial charge in [-0.05, 0) is 29.8 Å². The highest BCUT2D eigenvalue weighted by Crippen LogP contribution is 2.40. The van der Waals surface area contributed by atoms with Crippen molar-refractivity contribution in [3.05, 3.63) is 75.8 Å². The van der Waals surface area contributed by atoms with Crippen LogP contribution in [0.1, 0.15) is 23.5 Å². The number of ether oxygens (including phenoxy) is 1. The lowest BCUT2D eigenvalue weighted by Gasteiger charge is -2.26. The smallest absolute Gasteiger partial charge is 0.312 e. The lowest BCUT2D eigenvalue weighted by molar-refractivity contribution is -0.135. The molecule has 0 unspecified atom stereocenters. The molecule has 1 aromatic heterocycles. The lowest BCUT2D eigenvalue weighted by Crippen LogP contribution is -2.31. The molecule has 0 saturated carbocycles. The Hall–Kier alpha value is -2.95. The Kier molecular flexibility index (Phi) is 3.23. The third-order valence-electron chi connectivity index (χ3n) is 4.50.